The fourth-order valence-electron chi connectivity index (χ4n) is 5.01. The molecule has 33 heavy (non-hydrogen) atoms. The first-order valence-electron chi connectivity index (χ1n) is 12.3. The van der Waals surface area contributed by atoms with Gasteiger partial charge in [0.1, 0.15) is 5.69 Å². The molecule has 4 rings (SSSR count). The van der Waals surface area contributed by atoms with Crippen LogP contribution in [0, 0.1) is 0 Å². The quantitative estimate of drug-likeness (QED) is 0.399. The van der Waals surface area contributed by atoms with Crippen molar-refractivity contribution in [2.24, 2.45) is 0 Å². The van der Waals surface area contributed by atoms with Gasteiger partial charge in [0.05, 0.1) is 5.52 Å². The minimum absolute atomic E-state index is 0.123. The molecule has 0 saturated carbocycles. The summed E-state index contributed by atoms with van der Waals surface area (Å²) in [4.78, 5) is 15.0. The van der Waals surface area contributed by atoms with E-state index in [0.717, 1.165) is 48.1 Å². The minimum Gasteiger partial charge on any atom is -0.356 e. The number of nitrogens with zero attached hydrogens (tertiary/aromatic N) is 3. The Kier molecular flexibility index (Phi) is 8.05. The fraction of sp³-hybridized carbons (Fsp3) is 0.481. The van der Waals surface area contributed by atoms with Crippen LogP contribution in [0.5, 0.6) is 0 Å². The molecule has 5 nitrogen and oxygen atoms in total. The molecule has 6 heteroatoms. The highest BCUT2D eigenvalue weighted by Crippen LogP contribution is 2.30. The lowest BCUT2D eigenvalue weighted by atomic mass is 9.97. The van der Waals surface area contributed by atoms with Gasteiger partial charge in [-0.25, -0.2) is 0 Å². The molecular formula is C27H35ClN4O. The molecule has 2 atom stereocenters. The summed E-state index contributed by atoms with van der Waals surface area (Å²) in [6.45, 7) is 7.15. The molecule has 0 unspecified atom stereocenters. The molecule has 1 N–H and O–H groups in total. The van der Waals surface area contributed by atoms with E-state index in [4.69, 9.17) is 16.7 Å². The fourth-order valence-corrected chi connectivity index (χ4v) is 5.19. The average molecular weight is 467 g/mol. The number of carbonyl (C=O) groups excluding carboxylic acids is 1. The number of piperidine rings is 1. The molecular weight excluding hydrogens is 432 g/mol. The summed E-state index contributed by atoms with van der Waals surface area (Å²) in [5.74, 6) is 0.123. The summed E-state index contributed by atoms with van der Waals surface area (Å²) in [5.41, 5.74) is 3.04. The maximum absolute atomic E-state index is 12.4. The van der Waals surface area contributed by atoms with Crippen molar-refractivity contribution in [1.29, 1.82) is 0 Å². The Labute approximate surface area is 202 Å². The SMILES string of the molecule is C[C@@H]1CCC[C@@H](C)N1CCCNC(=O)CCCn1nc(-c2ccccc2)c2cc(Cl)ccc21. The van der Waals surface area contributed by atoms with Crippen molar-refractivity contribution in [2.45, 2.75) is 71.0 Å². The lowest BCUT2D eigenvalue weighted by molar-refractivity contribution is -0.121. The molecule has 0 radical (unpaired) electrons. The van der Waals surface area contributed by atoms with Crippen molar-refractivity contribution in [3.63, 3.8) is 0 Å². The number of aryl methyl sites for hydroxylation is 1. The Bertz CT molecular complexity index is 1050. The maximum atomic E-state index is 12.4. The highest BCUT2D eigenvalue weighted by atomic mass is 35.5. The van der Waals surface area contributed by atoms with Crippen molar-refractivity contribution in [1.82, 2.24) is 20.0 Å². The van der Waals surface area contributed by atoms with Gasteiger partial charge in [-0.2, -0.15) is 5.10 Å². The highest BCUT2D eigenvalue weighted by Gasteiger charge is 2.23. The molecule has 0 aliphatic carbocycles. The molecule has 1 fully saturated rings. The Morgan fingerprint density at radius 1 is 1.06 bits per heavy atom. The maximum Gasteiger partial charge on any atom is 0.220 e. The number of halogens is 1. The van der Waals surface area contributed by atoms with Crippen LogP contribution in [0.25, 0.3) is 22.2 Å². The number of nitrogens with one attached hydrogen (secondary N) is 1. The van der Waals surface area contributed by atoms with Gasteiger partial charge in [0.2, 0.25) is 5.91 Å². The number of hydrogen-bond acceptors (Lipinski definition) is 3. The van der Waals surface area contributed by atoms with Gasteiger partial charge < -0.3 is 5.32 Å². The van der Waals surface area contributed by atoms with E-state index in [0.29, 0.717) is 30.1 Å². The third kappa shape index (κ3) is 5.96. The van der Waals surface area contributed by atoms with Crippen LogP contribution >= 0.6 is 11.6 Å². The van der Waals surface area contributed by atoms with Crippen LogP contribution in [0.15, 0.2) is 48.5 Å². The Balaban J connectivity index is 1.28. The molecule has 0 spiro atoms. The third-order valence-corrected chi connectivity index (χ3v) is 7.06. The average Bonchev–Trinajstić information content (AvgIpc) is 3.16. The second-order valence-corrected chi connectivity index (χ2v) is 9.71. The minimum atomic E-state index is 0.123. The number of likely N-dealkylation sites (tertiary alicyclic amines) is 1. The smallest absolute Gasteiger partial charge is 0.220 e. The van der Waals surface area contributed by atoms with E-state index in [2.05, 4.69) is 36.2 Å². The van der Waals surface area contributed by atoms with Crippen molar-refractivity contribution in [3.05, 3.63) is 53.6 Å². The second kappa shape index (κ2) is 11.2. The zero-order valence-corrected chi connectivity index (χ0v) is 20.5. The van der Waals surface area contributed by atoms with Gasteiger partial charge in [-0.3, -0.25) is 14.4 Å². The predicted molar refractivity (Wildman–Crippen MR) is 137 cm³/mol. The first-order chi connectivity index (χ1) is 16.0. The number of carbonyl (C=O) groups is 1. The van der Waals surface area contributed by atoms with Gasteiger partial charge in [0.15, 0.2) is 0 Å². The zero-order valence-electron chi connectivity index (χ0n) is 19.8. The summed E-state index contributed by atoms with van der Waals surface area (Å²) < 4.78 is 2.00. The van der Waals surface area contributed by atoms with Crippen LogP contribution in [0.1, 0.15) is 52.4 Å². The standard InChI is InChI=1S/C27H35ClN4O/c1-20-9-6-10-21(2)31(20)17-8-16-29-26(33)13-7-18-32-25-15-14-23(28)19-24(25)27(30-32)22-11-4-3-5-12-22/h3-5,11-12,14-15,19-21H,6-10,13,16-18H2,1-2H3,(H,29,33)/t20-,21-/m1/s1. The van der Waals surface area contributed by atoms with E-state index in [-0.39, 0.29) is 5.91 Å². The largest absolute Gasteiger partial charge is 0.356 e. The van der Waals surface area contributed by atoms with Gasteiger partial charge in [0.25, 0.3) is 0 Å². The zero-order chi connectivity index (χ0) is 23.2. The Morgan fingerprint density at radius 3 is 2.58 bits per heavy atom. The van der Waals surface area contributed by atoms with Crippen molar-refractivity contribution < 1.29 is 4.79 Å². The van der Waals surface area contributed by atoms with Gasteiger partial charge in [-0.05, 0) is 57.7 Å². The van der Waals surface area contributed by atoms with E-state index in [1.807, 2.05) is 41.1 Å². The lowest BCUT2D eigenvalue weighted by Gasteiger charge is -2.39. The van der Waals surface area contributed by atoms with Crippen LogP contribution in [0.3, 0.4) is 0 Å². The Morgan fingerprint density at radius 2 is 1.82 bits per heavy atom. The first-order valence-corrected chi connectivity index (χ1v) is 12.6. The topological polar surface area (TPSA) is 50.2 Å². The van der Waals surface area contributed by atoms with Crippen molar-refractivity contribution in [3.8, 4) is 11.3 Å². The van der Waals surface area contributed by atoms with Gasteiger partial charge in [-0.15, -0.1) is 0 Å². The van der Waals surface area contributed by atoms with Crippen LogP contribution in [-0.2, 0) is 11.3 Å². The number of hydrogen-bond donors (Lipinski definition) is 1. The van der Waals surface area contributed by atoms with E-state index in [1.165, 1.54) is 19.3 Å². The van der Waals surface area contributed by atoms with Crippen LogP contribution in [0.4, 0.5) is 0 Å². The number of aromatic nitrogens is 2. The second-order valence-electron chi connectivity index (χ2n) is 9.27. The normalized spacial score (nSPS) is 19.1. The summed E-state index contributed by atoms with van der Waals surface area (Å²) in [6, 6.07) is 17.4. The monoisotopic (exact) mass is 466 g/mol. The summed E-state index contributed by atoms with van der Waals surface area (Å²) in [7, 11) is 0. The highest BCUT2D eigenvalue weighted by molar-refractivity contribution is 6.31. The Hall–Kier alpha value is -2.37. The molecule has 1 aromatic heterocycles. The molecule has 2 aromatic carbocycles. The molecule has 0 bridgehead atoms. The summed E-state index contributed by atoms with van der Waals surface area (Å²) in [6.07, 6.45) is 6.17. The molecule has 3 aromatic rings. The molecule has 1 aliphatic heterocycles. The first kappa shape index (κ1) is 23.8. The van der Waals surface area contributed by atoms with E-state index >= 15 is 0 Å². The molecule has 1 saturated heterocycles. The van der Waals surface area contributed by atoms with Gasteiger partial charge >= 0.3 is 0 Å². The van der Waals surface area contributed by atoms with Crippen LogP contribution < -0.4 is 5.32 Å². The van der Waals surface area contributed by atoms with Crippen LogP contribution in [0.2, 0.25) is 5.02 Å². The number of benzene rings is 2. The molecule has 2 heterocycles. The predicted octanol–water partition coefficient (Wildman–Crippen LogP) is 5.91. The van der Waals surface area contributed by atoms with Crippen molar-refractivity contribution in [2.75, 3.05) is 13.1 Å². The van der Waals surface area contributed by atoms with Gasteiger partial charge in [-0.1, -0.05) is 48.4 Å². The van der Waals surface area contributed by atoms with Crippen LogP contribution in [-0.4, -0.2) is 45.8 Å². The molecule has 1 aliphatic rings. The molecule has 176 valence electrons. The molecule has 1 amide bonds. The van der Waals surface area contributed by atoms with E-state index in [9.17, 15) is 4.79 Å². The lowest BCUT2D eigenvalue weighted by Crippen LogP contribution is -2.44. The third-order valence-electron chi connectivity index (χ3n) is 6.82. The van der Waals surface area contributed by atoms with Gasteiger partial charge in [0, 0.05) is 54.1 Å². The number of amides is 1. The van der Waals surface area contributed by atoms with E-state index in [1.54, 1.807) is 0 Å². The van der Waals surface area contributed by atoms with E-state index < -0.39 is 0 Å². The summed E-state index contributed by atoms with van der Waals surface area (Å²) in [5, 5.41) is 9.70. The van der Waals surface area contributed by atoms with Crippen molar-refractivity contribution >= 4 is 28.4 Å². The number of fused-ring (bicyclic) bond motifs is 1. The summed E-state index contributed by atoms with van der Waals surface area (Å²) >= 11 is 6.27. The number of rotatable bonds is 9.